The van der Waals surface area contributed by atoms with Gasteiger partial charge in [-0.05, 0) is 24.1 Å². The summed E-state index contributed by atoms with van der Waals surface area (Å²) in [5.41, 5.74) is 7.78. The molecule has 0 atom stereocenters. The maximum Gasteiger partial charge on any atom is 0.169 e. The molecular weight excluding hydrogens is 316 g/mol. The van der Waals surface area contributed by atoms with Crippen LogP contribution in [0.4, 0.5) is 5.82 Å². The van der Waals surface area contributed by atoms with Crippen LogP contribution in [0.5, 0.6) is 0 Å². The van der Waals surface area contributed by atoms with E-state index in [1.54, 1.807) is 0 Å². The van der Waals surface area contributed by atoms with Crippen LogP contribution in [-0.2, 0) is 13.0 Å². The van der Waals surface area contributed by atoms with Gasteiger partial charge in [0.15, 0.2) is 5.82 Å². The van der Waals surface area contributed by atoms with E-state index in [4.69, 9.17) is 17.3 Å². The number of aromatic nitrogens is 3. The molecule has 0 aliphatic carbocycles. The SMILES string of the molecule is CCCc1c(N)nnn1Cc1ccc(Br)cc1Cl. The van der Waals surface area contributed by atoms with Crippen molar-refractivity contribution in [1.82, 2.24) is 15.0 Å². The van der Waals surface area contributed by atoms with E-state index in [9.17, 15) is 0 Å². The van der Waals surface area contributed by atoms with Crippen LogP contribution in [0.25, 0.3) is 0 Å². The highest BCUT2D eigenvalue weighted by Crippen LogP contribution is 2.23. The van der Waals surface area contributed by atoms with Gasteiger partial charge in [0.25, 0.3) is 0 Å². The van der Waals surface area contributed by atoms with Crippen molar-refractivity contribution in [3.63, 3.8) is 0 Å². The van der Waals surface area contributed by atoms with Crippen molar-refractivity contribution in [3.8, 4) is 0 Å². The monoisotopic (exact) mass is 328 g/mol. The summed E-state index contributed by atoms with van der Waals surface area (Å²) in [6.45, 7) is 2.69. The van der Waals surface area contributed by atoms with Crippen molar-refractivity contribution in [3.05, 3.63) is 39.0 Å². The molecule has 6 heteroatoms. The number of nitrogens with two attached hydrogens (primary N) is 1. The van der Waals surface area contributed by atoms with Gasteiger partial charge in [0.2, 0.25) is 0 Å². The minimum absolute atomic E-state index is 0.505. The number of hydrogen-bond acceptors (Lipinski definition) is 3. The van der Waals surface area contributed by atoms with Crippen molar-refractivity contribution in [2.45, 2.75) is 26.3 Å². The molecular formula is C12H14BrClN4. The summed E-state index contributed by atoms with van der Waals surface area (Å²) in [6, 6.07) is 5.80. The van der Waals surface area contributed by atoms with Crippen molar-refractivity contribution in [2.75, 3.05) is 5.73 Å². The quantitative estimate of drug-likeness (QED) is 0.936. The Morgan fingerprint density at radius 2 is 2.22 bits per heavy atom. The van der Waals surface area contributed by atoms with Gasteiger partial charge in [0, 0.05) is 9.50 Å². The highest BCUT2D eigenvalue weighted by atomic mass is 79.9. The molecule has 4 nitrogen and oxygen atoms in total. The van der Waals surface area contributed by atoms with Crippen LogP contribution >= 0.6 is 27.5 Å². The van der Waals surface area contributed by atoms with E-state index in [1.807, 2.05) is 22.9 Å². The number of nitrogen functional groups attached to an aromatic ring is 1. The second-order valence-electron chi connectivity index (χ2n) is 4.06. The molecule has 2 aromatic rings. The van der Waals surface area contributed by atoms with Crippen molar-refractivity contribution in [2.24, 2.45) is 0 Å². The zero-order valence-corrected chi connectivity index (χ0v) is 12.4. The van der Waals surface area contributed by atoms with Gasteiger partial charge >= 0.3 is 0 Å². The first-order valence-electron chi connectivity index (χ1n) is 5.73. The molecule has 2 rings (SSSR count). The second-order valence-corrected chi connectivity index (χ2v) is 5.39. The Bertz CT molecular complexity index is 553. The van der Waals surface area contributed by atoms with Crippen LogP contribution in [0.2, 0.25) is 5.02 Å². The lowest BCUT2D eigenvalue weighted by Gasteiger charge is -2.08. The maximum atomic E-state index is 6.19. The Morgan fingerprint density at radius 3 is 2.89 bits per heavy atom. The van der Waals surface area contributed by atoms with Crippen LogP contribution in [0.3, 0.4) is 0 Å². The fraction of sp³-hybridized carbons (Fsp3) is 0.333. The third-order valence-electron chi connectivity index (χ3n) is 2.69. The van der Waals surface area contributed by atoms with E-state index >= 15 is 0 Å². The van der Waals surface area contributed by atoms with E-state index in [1.165, 1.54) is 0 Å². The molecule has 2 N–H and O–H groups in total. The largest absolute Gasteiger partial charge is 0.381 e. The Morgan fingerprint density at radius 1 is 1.44 bits per heavy atom. The molecule has 0 spiro atoms. The van der Waals surface area contributed by atoms with E-state index in [0.717, 1.165) is 28.6 Å². The van der Waals surface area contributed by atoms with E-state index in [0.29, 0.717) is 17.4 Å². The van der Waals surface area contributed by atoms with Crippen LogP contribution in [0.15, 0.2) is 22.7 Å². The molecule has 0 aliphatic rings. The second kappa shape index (κ2) is 5.71. The lowest BCUT2D eigenvalue weighted by atomic mass is 10.2. The molecule has 0 saturated heterocycles. The van der Waals surface area contributed by atoms with Crippen LogP contribution in [-0.4, -0.2) is 15.0 Å². The average molecular weight is 330 g/mol. The fourth-order valence-corrected chi connectivity index (χ4v) is 2.51. The van der Waals surface area contributed by atoms with Gasteiger partial charge in [-0.15, -0.1) is 5.10 Å². The molecule has 0 unspecified atom stereocenters. The molecule has 0 saturated carbocycles. The number of anilines is 1. The Hall–Kier alpha value is -1.07. The van der Waals surface area contributed by atoms with E-state index in [-0.39, 0.29) is 0 Å². The summed E-state index contributed by atoms with van der Waals surface area (Å²) >= 11 is 9.58. The van der Waals surface area contributed by atoms with Crippen molar-refractivity contribution >= 4 is 33.3 Å². The molecule has 96 valence electrons. The van der Waals surface area contributed by atoms with Crippen molar-refractivity contribution < 1.29 is 0 Å². The van der Waals surface area contributed by atoms with E-state index < -0.39 is 0 Å². The van der Waals surface area contributed by atoms with Gasteiger partial charge in [-0.2, -0.15) is 0 Å². The third-order valence-corrected chi connectivity index (χ3v) is 3.53. The van der Waals surface area contributed by atoms with Crippen LogP contribution in [0, 0.1) is 0 Å². The lowest BCUT2D eigenvalue weighted by Crippen LogP contribution is -2.07. The average Bonchev–Trinajstić information content (AvgIpc) is 2.66. The standard InChI is InChI=1S/C12H14BrClN4/c1-2-3-11-12(15)16-17-18(11)7-8-4-5-9(13)6-10(8)14/h4-6H,2-3,7,15H2,1H3. The van der Waals surface area contributed by atoms with Gasteiger partial charge < -0.3 is 5.73 Å². The Labute approximate surface area is 119 Å². The topological polar surface area (TPSA) is 56.7 Å². The minimum atomic E-state index is 0.505. The van der Waals surface area contributed by atoms with Gasteiger partial charge in [0.1, 0.15) is 0 Å². The van der Waals surface area contributed by atoms with Gasteiger partial charge in [-0.1, -0.05) is 52.2 Å². The predicted molar refractivity (Wildman–Crippen MR) is 76.7 cm³/mol. The molecule has 18 heavy (non-hydrogen) atoms. The summed E-state index contributed by atoms with van der Waals surface area (Å²) in [6.07, 6.45) is 1.87. The highest BCUT2D eigenvalue weighted by molar-refractivity contribution is 9.10. The van der Waals surface area contributed by atoms with Gasteiger partial charge in [0.05, 0.1) is 12.2 Å². The summed E-state index contributed by atoms with van der Waals surface area (Å²) in [5.74, 6) is 0.505. The number of rotatable bonds is 4. The van der Waals surface area contributed by atoms with Crippen LogP contribution in [0.1, 0.15) is 24.6 Å². The fourth-order valence-electron chi connectivity index (χ4n) is 1.78. The zero-order valence-electron chi connectivity index (χ0n) is 10.0. The number of nitrogens with zero attached hydrogens (tertiary/aromatic N) is 3. The Balaban J connectivity index is 2.28. The molecule has 0 fully saturated rings. The Kier molecular flexibility index (Phi) is 4.24. The van der Waals surface area contributed by atoms with Crippen LogP contribution < -0.4 is 5.73 Å². The maximum absolute atomic E-state index is 6.19. The molecule has 1 aromatic carbocycles. The predicted octanol–water partition coefficient (Wildman–Crippen LogP) is 3.28. The smallest absolute Gasteiger partial charge is 0.169 e. The van der Waals surface area contributed by atoms with Gasteiger partial charge in [-0.3, -0.25) is 0 Å². The first-order valence-corrected chi connectivity index (χ1v) is 6.90. The minimum Gasteiger partial charge on any atom is -0.381 e. The van der Waals surface area contributed by atoms with Gasteiger partial charge in [-0.25, -0.2) is 4.68 Å². The summed E-state index contributed by atoms with van der Waals surface area (Å²) in [5, 5.41) is 8.69. The first-order chi connectivity index (χ1) is 8.61. The summed E-state index contributed by atoms with van der Waals surface area (Å²) in [4.78, 5) is 0. The lowest BCUT2D eigenvalue weighted by molar-refractivity contribution is 0.613. The van der Waals surface area contributed by atoms with Crippen molar-refractivity contribution in [1.29, 1.82) is 0 Å². The molecule has 0 bridgehead atoms. The molecule has 1 aromatic heterocycles. The summed E-state index contributed by atoms with van der Waals surface area (Å²) in [7, 11) is 0. The number of benzene rings is 1. The molecule has 1 heterocycles. The number of halogens is 2. The molecule has 0 radical (unpaired) electrons. The molecule has 0 aliphatic heterocycles. The first kappa shape index (κ1) is 13.4. The third kappa shape index (κ3) is 2.84. The number of hydrogen-bond donors (Lipinski definition) is 1. The van der Waals surface area contributed by atoms with E-state index in [2.05, 4.69) is 33.2 Å². The molecule has 0 amide bonds. The summed E-state index contributed by atoms with van der Waals surface area (Å²) < 4.78 is 2.77. The normalized spacial score (nSPS) is 10.8. The highest BCUT2D eigenvalue weighted by Gasteiger charge is 2.11. The zero-order chi connectivity index (χ0) is 13.1.